The fraction of sp³-hybridized carbons (Fsp3) is 0.429. The van der Waals surface area contributed by atoms with Crippen LogP contribution in [0.1, 0.15) is 48.8 Å². The van der Waals surface area contributed by atoms with Crippen LogP contribution in [0.5, 0.6) is 5.75 Å². The van der Waals surface area contributed by atoms with E-state index in [1.165, 1.54) is 0 Å². The summed E-state index contributed by atoms with van der Waals surface area (Å²) in [5.74, 6) is 0.670. The lowest BCUT2D eigenvalue weighted by molar-refractivity contribution is -0.142. The first-order valence-corrected chi connectivity index (χ1v) is 12.2. The molecular formula is C28H31NO5. The molecule has 2 aromatic carbocycles. The second-order valence-corrected chi connectivity index (χ2v) is 9.74. The summed E-state index contributed by atoms with van der Waals surface area (Å²) in [6.07, 6.45) is 4.55. The van der Waals surface area contributed by atoms with Crippen molar-refractivity contribution in [1.82, 2.24) is 4.90 Å². The number of fused-ring (bicyclic) bond motifs is 2. The SMILES string of the molecule is Cc1c(CC(=O)N2CC[C@]3(O)CCCC[C@@H]3C2)c(=O)oc2cc(OCc3ccccc3)ccc12. The van der Waals surface area contributed by atoms with E-state index in [0.717, 1.165) is 42.2 Å². The summed E-state index contributed by atoms with van der Waals surface area (Å²) in [5, 5.41) is 11.7. The van der Waals surface area contributed by atoms with Gasteiger partial charge in [0.15, 0.2) is 0 Å². The normalized spacial score (nSPS) is 22.4. The van der Waals surface area contributed by atoms with E-state index in [2.05, 4.69) is 0 Å². The second kappa shape index (κ2) is 9.26. The Labute approximate surface area is 199 Å². The third-order valence-electron chi connectivity index (χ3n) is 7.62. The molecule has 178 valence electrons. The molecule has 0 bridgehead atoms. The van der Waals surface area contributed by atoms with Crippen molar-refractivity contribution in [3.8, 4) is 5.75 Å². The van der Waals surface area contributed by atoms with Gasteiger partial charge in [-0.15, -0.1) is 0 Å². The maximum Gasteiger partial charge on any atom is 0.340 e. The summed E-state index contributed by atoms with van der Waals surface area (Å²) in [4.78, 5) is 27.7. The lowest BCUT2D eigenvalue weighted by Crippen LogP contribution is -2.55. The van der Waals surface area contributed by atoms with Crippen molar-refractivity contribution in [2.45, 2.75) is 57.7 Å². The molecule has 3 aromatic rings. The van der Waals surface area contributed by atoms with Crippen LogP contribution in [0.25, 0.3) is 11.0 Å². The van der Waals surface area contributed by atoms with E-state index in [1.54, 1.807) is 6.07 Å². The van der Waals surface area contributed by atoms with E-state index in [9.17, 15) is 14.7 Å². The van der Waals surface area contributed by atoms with Crippen molar-refractivity contribution < 1.29 is 19.1 Å². The van der Waals surface area contributed by atoms with Gasteiger partial charge in [-0.25, -0.2) is 4.79 Å². The van der Waals surface area contributed by atoms with E-state index in [0.29, 0.717) is 43.0 Å². The topological polar surface area (TPSA) is 80.0 Å². The molecule has 1 aliphatic carbocycles. The Morgan fingerprint density at radius 2 is 2.00 bits per heavy atom. The van der Waals surface area contributed by atoms with Gasteiger partial charge in [0.05, 0.1) is 17.6 Å². The number of amides is 1. The van der Waals surface area contributed by atoms with Crippen molar-refractivity contribution in [3.05, 3.63) is 75.6 Å². The average Bonchev–Trinajstić information content (AvgIpc) is 2.85. The van der Waals surface area contributed by atoms with Gasteiger partial charge >= 0.3 is 5.63 Å². The molecular weight excluding hydrogens is 430 g/mol. The summed E-state index contributed by atoms with van der Waals surface area (Å²) in [6, 6.07) is 15.3. The molecule has 6 nitrogen and oxygen atoms in total. The first kappa shape index (κ1) is 22.7. The predicted molar refractivity (Wildman–Crippen MR) is 130 cm³/mol. The van der Waals surface area contributed by atoms with Crippen LogP contribution in [-0.2, 0) is 17.8 Å². The lowest BCUT2D eigenvalue weighted by atomic mass is 9.71. The molecule has 34 heavy (non-hydrogen) atoms. The number of carbonyl (C=O) groups excluding carboxylic acids is 1. The molecule has 2 fully saturated rings. The van der Waals surface area contributed by atoms with Gasteiger partial charge in [0.1, 0.15) is 17.9 Å². The minimum Gasteiger partial charge on any atom is -0.489 e. The Bertz CT molecular complexity index is 1250. The number of hydrogen-bond donors (Lipinski definition) is 1. The highest BCUT2D eigenvalue weighted by molar-refractivity contribution is 5.85. The Morgan fingerprint density at radius 1 is 1.18 bits per heavy atom. The first-order valence-electron chi connectivity index (χ1n) is 12.2. The highest BCUT2D eigenvalue weighted by Gasteiger charge is 2.43. The monoisotopic (exact) mass is 461 g/mol. The summed E-state index contributed by atoms with van der Waals surface area (Å²) in [5.41, 5.74) is 1.56. The van der Waals surface area contributed by atoms with E-state index >= 15 is 0 Å². The van der Waals surface area contributed by atoms with Crippen LogP contribution in [0, 0.1) is 12.8 Å². The van der Waals surface area contributed by atoms with Gasteiger partial charge in [0.25, 0.3) is 0 Å². The molecule has 0 unspecified atom stereocenters. The molecule has 6 heteroatoms. The van der Waals surface area contributed by atoms with E-state index in [4.69, 9.17) is 9.15 Å². The maximum absolute atomic E-state index is 13.1. The van der Waals surface area contributed by atoms with Gasteiger partial charge in [0, 0.05) is 30.5 Å². The van der Waals surface area contributed by atoms with Crippen molar-refractivity contribution >= 4 is 16.9 Å². The number of hydrogen-bond acceptors (Lipinski definition) is 5. The molecule has 2 aliphatic rings. The summed E-state index contributed by atoms with van der Waals surface area (Å²) in [7, 11) is 0. The van der Waals surface area contributed by atoms with Crippen LogP contribution in [0.3, 0.4) is 0 Å². The standard InChI is InChI=1S/C28H31NO5/c1-19-23-11-10-22(33-18-20-7-3-2-4-8-20)15-25(23)34-27(31)24(19)16-26(30)29-14-13-28(32)12-6-5-9-21(28)17-29/h2-4,7-8,10-11,15,21,32H,5-6,9,12-14,16-18H2,1H3/t21-,28-/m1/s1. The van der Waals surface area contributed by atoms with E-state index < -0.39 is 11.2 Å². The molecule has 1 aromatic heterocycles. The molecule has 1 saturated carbocycles. The predicted octanol–water partition coefficient (Wildman–Crippen LogP) is 4.38. The highest BCUT2D eigenvalue weighted by atomic mass is 16.5. The number of aliphatic hydroxyl groups is 1. The van der Waals surface area contributed by atoms with Crippen LogP contribution < -0.4 is 10.4 Å². The van der Waals surface area contributed by atoms with Crippen LogP contribution >= 0.6 is 0 Å². The summed E-state index contributed by atoms with van der Waals surface area (Å²) in [6.45, 7) is 3.39. The van der Waals surface area contributed by atoms with Gasteiger partial charge in [-0.2, -0.15) is 0 Å². The third kappa shape index (κ3) is 4.47. The summed E-state index contributed by atoms with van der Waals surface area (Å²) < 4.78 is 11.5. The zero-order valence-electron chi connectivity index (χ0n) is 19.6. The Hall–Kier alpha value is -3.12. The van der Waals surface area contributed by atoms with Crippen molar-refractivity contribution in [2.24, 2.45) is 5.92 Å². The highest BCUT2D eigenvalue weighted by Crippen LogP contribution is 2.40. The average molecular weight is 462 g/mol. The quantitative estimate of drug-likeness (QED) is 0.571. The van der Waals surface area contributed by atoms with E-state index in [-0.39, 0.29) is 18.2 Å². The van der Waals surface area contributed by atoms with Crippen LogP contribution in [0.4, 0.5) is 0 Å². The van der Waals surface area contributed by atoms with E-state index in [1.807, 2.05) is 54.3 Å². The van der Waals surface area contributed by atoms with Gasteiger partial charge < -0.3 is 19.2 Å². The fourth-order valence-electron chi connectivity index (χ4n) is 5.47. The number of piperidine rings is 1. The molecule has 1 aliphatic heterocycles. The van der Waals surface area contributed by atoms with Crippen LogP contribution in [-0.4, -0.2) is 34.6 Å². The Morgan fingerprint density at radius 3 is 2.82 bits per heavy atom. The molecule has 0 spiro atoms. The maximum atomic E-state index is 13.1. The molecule has 2 heterocycles. The molecule has 1 amide bonds. The molecule has 2 atom stereocenters. The minimum atomic E-state index is -0.632. The first-order chi connectivity index (χ1) is 16.4. The largest absolute Gasteiger partial charge is 0.489 e. The third-order valence-corrected chi connectivity index (χ3v) is 7.62. The summed E-state index contributed by atoms with van der Waals surface area (Å²) >= 11 is 0. The molecule has 0 radical (unpaired) electrons. The number of rotatable bonds is 5. The van der Waals surface area contributed by atoms with Crippen molar-refractivity contribution in [1.29, 1.82) is 0 Å². The number of ether oxygens (including phenoxy) is 1. The number of nitrogens with zero attached hydrogens (tertiary/aromatic N) is 1. The number of aryl methyl sites for hydroxylation is 1. The second-order valence-electron chi connectivity index (χ2n) is 9.74. The zero-order valence-corrected chi connectivity index (χ0v) is 19.6. The Balaban J connectivity index is 1.31. The smallest absolute Gasteiger partial charge is 0.340 e. The zero-order chi connectivity index (χ0) is 23.7. The number of carbonyl (C=O) groups is 1. The minimum absolute atomic E-state index is 0.0154. The molecule has 1 N–H and O–H groups in total. The lowest BCUT2D eigenvalue weighted by Gasteiger charge is -2.47. The van der Waals surface area contributed by atoms with Gasteiger partial charge in [-0.05, 0) is 49.4 Å². The van der Waals surface area contributed by atoms with Gasteiger partial charge in [-0.3, -0.25) is 4.79 Å². The number of benzene rings is 2. The van der Waals surface area contributed by atoms with Crippen molar-refractivity contribution in [3.63, 3.8) is 0 Å². The van der Waals surface area contributed by atoms with Gasteiger partial charge in [0.2, 0.25) is 5.91 Å². The van der Waals surface area contributed by atoms with Crippen LogP contribution in [0.2, 0.25) is 0 Å². The molecule has 5 rings (SSSR count). The van der Waals surface area contributed by atoms with Gasteiger partial charge in [-0.1, -0.05) is 43.2 Å². The fourth-order valence-corrected chi connectivity index (χ4v) is 5.47. The molecule has 1 saturated heterocycles. The Kier molecular flexibility index (Phi) is 6.17. The number of likely N-dealkylation sites (tertiary alicyclic amines) is 1. The van der Waals surface area contributed by atoms with Crippen LogP contribution in [0.15, 0.2) is 57.7 Å². The van der Waals surface area contributed by atoms with Crippen molar-refractivity contribution in [2.75, 3.05) is 13.1 Å².